The molecule has 3 rings (SSSR count). The number of aliphatic carboxylic acids is 1. The molecule has 3 heterocycles. The van der Waals surface area contributed by atoms with Gasteiger partial charge in [0.15, 0.2) is 22.1 Å². The van der Waals surface area contributed by atoms with E-state index in [4.69, 9.17) is 10.2 Å². The van der Waals surface area contributed by atoms with Gasteiger partial charge in [-0.2, -0.15) is 0 Å². The Bertz CT molecular complexity index is 773. The van der Waals surface area contributed by atoms with Crippen LogP contribution >= 0.6 is 11.8 Å². The third-order valence-electron chi connectivity index (χ3n) is 3.76. The van der Waals surface area contributed by atoms with Crippen molar-refractivity contribution < 1.29 is 32.7 Å². The Morgan fingerprint density at radius 3 is 2.75 bits per heavy atom. The topological polar surface area (TPSA) is 151 Å². The lowest BCUT2D eigenvalue weighted by Crippen LogP contribution is -2.68. The first-order chi connectivity index (χ1) is 11.3. The van der Waals surface area contributed by atoms with Gasteiger partial charge in [0.25, 0.3) is 0 Å². The van der Waals surface area contributed by atoms with Crippen LogP contribution in [0.15, 0.2) is 34.1 Å². The second-order valence-corrected chi connectivity index (χ2v) is 7.24. The molecule has 11 heteroatoms. The number of nitrogens with zero attached hydrogens (tertiary/aromatic N) is 1. The number of thioether (sulfide) groups is 1. The summed E-state index contributed by atoms with van der Waals surface area (Å²) >= 11 is -1.54. The number of β-lactam (4-membered cyclic amide) rings is 1. The summed E-state index contributed by atoms with van der Waals surface area (Å²) in [6.07, 6.45) is 1.22. The lowest BCUT2D eigenvalue weighted by atomic mass is 10.00. The molecule has 128 valence electrons. The fraction of sp³-hybridized carbons (Fsp3) is 0.308. The molecule has 1 saturated heterocycles. The number of hydrogen-bond donors (Lipinski definition) is 3. The van der Waals surface area contributed by atoms with Crippen LogP contribution in [0.25, 0.3) is 0 Å². The van der Waals surface area contributed by atoms with E-state index in [1.54, 1.807) is 0 Å². The Morgan fingerprint density at radius 2 is 2.21 bits per heavy atom. The van der Waals surface area contributed by atoms with Gasteiger partial charge in [0.1, 0.15) is 17.1 Å². The number of carboxylic acid groups (broad SMARTS) is 1. The van der Waals surface area contributed by atoms with Crippen LogP contribution < -0.4 is 5.73 Å². The monoisotopic (exact) mass is 372 g/mol. The van der Waals surface area contributed by atoms with E-state index < -0.39 is 51.1 Å². The molecule has 24 heavy (non-hydrogen) atoms. The fourth-order valence-corrected chi connectivity index (χ4v) is 4.84. The van der Waals surface area contributed by atoms with Gasteiger partial charge in [-0.1, -0.05) is 0 Å². The van der Waals surface area contributed by atoms with Crippen LogP contribution in [-0.2, 0) is 20.7 Å². The first-order valence-corrected chi connectivity index (χ1v) is 8.90. The molecule has 0 aromatic carbocycles. The number of amides is 1. The number of carbonyl (C=O) groups is 3. The minimum Gasteiger partial charge on any atom is -0.477 e. The molecule has 0 bridgehead atoms. The highest BCUT2D eigenvalue weighted by molar-refractivity contribution is 8.00. The van der Waals surface area contributed by atoms with E-state index in [0.29, 0.717) is 0 Å². The number of Topliss-reactive ketones (excluding diaryl/α,β-unsaturated/α-hetero) is 1. The SMILES string of the molecule is NC1C(=O)N2C(C(=O)O)=C(C(C(=O)c3ccco3)S(=O)O)CSC12. The number of rotatable bonds is 5. The van der Waals surface area contributed by atoms with E-state index in [1.807, 2.05) is 0 Å². The third kappa shape index (κ3) is 2.49. The van der Waals surface area contributed by atoms with Crippen molar-refractivity contribution in [1.82, 2.24) is 4.90 Å². The summed E-state index contributed by atoms with van der Waals surface area (Å²) < 4.78 is 26.2. The van der Waals surface area contributed by atoms with Crippen LogP contribution in [0.2, 0.25) is 0 Å². The van der Waals surface area contributed by atoms with Crippen molar-refractivity contribution >= 4 is 40.5 Å². The summed E-state index contributed by atoms with van der Waals surface area (Å²) in [7, 11) is 0. The highest BCUT2D eigenvalue weighted by Crippen LogP contribution is 2.41. The molecule has 2 aliphatic heterocycles. The number of hydrogen-bond acceptors (Lipinski definition) is 7. The van der Waals surface area contributed by atoms with Gasteiger partial charge < -0.3 is 19.8 Å². The largest absolute Gasteiger partial charge is 0.477 e. The Morgan fingerprint density at radius 1 is 1.50 bits per heavy atom. The van der Waals surface area contributed by atoms with Gasteiger partial charge in [-0.25, -0.2) is 9.00 Å². The van der Waals surface area contributed by atoms with Crippen molar-refractivity contribution in [2.24, 2.45) is 5.73 Å². The van der Waals surface area contributed by atoms with E-state index in [1.165, 1.54) is 18.4 Å². The highest BCUT2D eigenvalue weighted by Gasteiger charge is 2.53. The van der Waals surface area contributed by atoms with Crippen LogP contribution in [0.1, 0.15) is 10.6 Å². The van der Waals surface area contributed by atoms with Gasteiger partial charge in [0.05, 0.1) is 6.26 Å². The quantitative estimate of drug-likeness (QED) is 0.357. The summed E-state index contributed by atoms with van der Waals surface area (Å²) in [5.41, 5.74) is 5.07. The van der Waals surface area contributed by atoms with Crippen molar-refractivity contribution in [3.05, 3.63) is 35.4 Å². The van der Waals surface area contributed by atoms with Crippen LogP contribution in [0, 0.1) is 0 Å². The van der Waals surface area contributed by atoms with Crippen LogP contribution in [-0.4, -0.2) is 58.8 Å². The van der Waals surface area contributed by atoms with E-state index in [0.717, 1.165) is 16.7 Å². The Kier molecular flexibility index (Phi) is 4.34. The molecule has 0 aliphatic carbocycles. The number of nitrogens with two attached hydrogens (primary N) is 1. The van der Waals surface area contributed by atoms with Gasteiger partial charge in [-0.3, -0.25) is 14.5 Å². The average molecular weight is 372 g/mol. The van der Waals surface area contributed by atoms with Crippen molar-refractivity contribution in [3.63, 3.8) is 0 Å². The Labute approximate surface area is 142 Å². The maximum absolute atomic E-state index is 12.5. The fourth-order valence-electron chi connectivity index (χ4n) is 2.66. The van der Waals surface area contributed by atoms with Crippen molar-refractivity contribution in [2.75, 3.05) is 5.75 Å². The van der Waals surface area contributed by atoms with E-state index in [-0.39, 0.29) is 17.1 Å². The van der Waals surface area contributed by atoms with Gasteiger partial charge >= 0.3 is 5.97 Å². The number of ketones is 1. The van der Waals surface area contributed by atoms with E-state index in [9.17, 15) is 28.3 Å². The second kappa shape index (κ2) is 6.16. The molecule has 0 saturated carbocycles. The molecular weight excluding hydrogens is 360 g/mol. The molecule has 1 aromatic rings. The molecule has 0 radical (unpaired) electrons. The summed E-state index contributed by atoms with van der Waals surface area (Å²) in [6.45, 7) is 0. The Hall–Kier alpha value is -1.95. The number of carboxylic acids is 1. The van der Waals surface area contributed by atoms with E-state index in [2.05, 4.69) is 0 Å². The zero-order valence-electron chi connectivity index (χ0n) is 11.9. The standard InChI is InChI=1S/C13H12N2O7S2/c14-7-11(17)15-8(13(18)19)5(4-23-12(7)15)10(24(20)21)9(16)6-2-1-3-22-6/h1-3,7,10,12H,4,14H2,(H,18,19)(H,20,21). The number of fused-ring (bicyclic) bond motifs is 1. The molecule has 9 nitrogen and oxygen atoms in total. The molecule has 4 N–H and O–H groups in total. The van der Waals surface area contributed by atoms with Gasteiger partial charge in [0, 0.05) is 5.75 Å². The van der Waals surface area contributed by atoms with Crippen LogP contribution in [0.3, 0.4) is 0 Å². The molecule has 0 spiro atoms. The van der Waals surface area contributed by atoms with Gasteiger partial charge in [-0.05, 0) is 17.7 Å². The van der Waals surface area contributed by atoms with Gasteiger partial charge in [0.2, 0.25) is 11.7 Å². The number of carbonyl (C=O) groups excluding carboxylic acids is 2. The zero-order valence-corrected chi connectivity index (χ0v) is 13.6. The normalized spacial score (nSPS) is 25.8. The van der Waals surface area contributed by atoms with Crippen molar-refractivity contribution in [3.8, 4) is 0 Å². The summed E-state index contributed by atoms with van der Waals surface area (Å²) in [5.74, 6) is -3.06. The smallest absolute Gasteiger partial charge is 0.352 e. The predicted octanol–water partition coefficient (Wildman–Crippen LogP) is -0.366. The third-order valence-corrected chi connectivity index (χ3v) is 5.99. The number of furan rings is 1. The maximum atomic E-state index is 12.5. The molecule has 1 fully saturated rings. The average Bonchev–Trinajstić information content (AvgIpc) is 3.07. The van der Waals surface area contributed by atoms with Crippen molar-refractivity contribution in [1.29, 1.82) is 0 Å². The molecule has 2 aliphatic rings. The minimum atomic E-state index is -2.69. The molecule has 1 aromatic heterocycles. The van der Waals surface area contributed by atoms with Gasteiger partial charge in [-0.15, -0.1) is 11.8 Å². The first-order valence-electron chi connectivity index (χ1n) is 6.68. The lowest BCUT2D eigenvalue weighted by molar-refractivity contribution is -0.147. The maximum Gasteiger partial charge on any atom is 0.352 e. The summed E-state index contributed by atoms with van der Waals surface area (Å²) in [6, 6.07) is 1.91. The van der Waals surface area contributed by atoms with Crippen molar-refractivity contribution in [2.45, 2.75) is 16.7 Å². The van der Waals surface area contributed by atoms with Crippen LogP contribution in [0.4, 0.5) is 0 Å². The summed E-state index contributed by atoms with van der Waals surface area (Å²) in [4.78, 5) is 36.9. The Balaban J connectivity index is 2.08. The minimum absolute atomic E-state index is 0.00675. The second-order valence-electron chi connectivity index (χ2n) is 5.11. The summed E-state index contributed by atoms with van der Waals surface area (Å²) in [5, 5.41) is 7.27. The lowest BCUT2D eigenvalue weighted by Gasteiger charge is -2.48. The molecule has 4 unspecified atom stereocenters. The molecular formula is C13H12N2O7S2. The highest BCUT2D eigenvalue weighted by atomic mass is 32.2. The van der Waals surface area contributed by atoms with Crippen LogP contribution in [0.5, 0.6) is 0 Å². The van der Waals surface area contributed by atoms with E-state index >= 15 is 0 Å². The molecule has 1 amide bonds. The zero-order chi connectivity index (χ0) is 17.6. The molecule has 4 atom stereocenters. The first kappa shape index (κ1) is 16.9. The predicted molar refractivity (Wildman–Crippen MR) is 83.3 cm³/mol.